The minimum Gasteiger partial charge on any atom is -0.397 e. The summed E-state index contributed by atoms with van der Waals surface area (Å²) in [5.74, 6) is -0.0725. The summed E-state index contributed by atoms with van der Waals surface area (Å²) >= 11 is 0. The third-order valence-electron chi connectivity index (χ3n) is 2.56. The van der Waals surface area contributed by atoms with Crippen molar-refractivity contribution in [2.24, 2.45) is 0 Å². The lowest BCUT2D eigenvalue weighted by molar-refractivity contribution is -0.116. The van der Waals surface area contributed by atoms with Gasteiger partial charge in [-0.2, -0.15) is 5.26 Å². The molecule has 0 aliphatic carbocycles. The fourth-order valence-electron chi connectivity index (χ4n) is 1.47. The van der Waals surface area contributed by atoms with E-state index >= 15 is 0 Å². The number of carbonyl (C=O) groups excluding carboxylic acids is 1. The van der Waals surface area contributed by atoms with Gasteiger partial charge < -0.3 is 16.0 Å². The van der Waals surface area contributed by atoms with Crippen molar-refractivity contribution in [1.29, 1.82) is 5.26 Å². The highest BCUT2D eigenvalue weighted by Crippen LogP contribution is 2.16. The van der Waals surface area contributed by atoms with Crippen LogP contribution in [0.5, 0.6) is 0 Å². The molecule has 1 amide bonds. The van der Waals surface area contributed by atoms with Crippen LogP contribution in [0.25, 0.3) is 0 Å². The molecule has 1 aromatic carbocycles. The molecule has 5 nitrogen and oxygen atoms in total. The number of nitrogens with zero attached hydrogens (tertiary/aromatic N) is 2. The van der Waals surface area contributed by atoms with Crippen LogP contribution in [0.2, 0.25) is 0 Å². The molecule has 3 N–H and O–H groups in total. The highest BCUT2D eigenvalue weighted by molar-refractivity contribution is 5.93. The van der Waals surface area contributed by atoms with Crippen molar-refractivity contribution in [1.82, 2.24) is 4.90 Å². The Bertz CT molecular complexity index is 439. The Kier molecular flexibility index (Phi) is 5.68. The zero-order chi connectivity index (χ0) is 13.4. The monoisotopic (exact) mass is 246 g/mol. The summed E-state index contributed by atoms with van der Waals surface area (Å²) in [5, 5.41) is 11.2. The molecule has 0 spiro atoms. The van der Waals surface area contributed by atoms with Crippen LogP contribution in [0, 0.1) is 11.3 Å². The maximum atomic E-state index is 11.7. The summed E-state index contributed by atoms with van der Waals surface area (Å²) in [4.78, 5) is 13.6. The molecule has 0 atom stereocenters. The van der Waals surface area contributed by atoms with Crippen LogP contribution in [0.4, 0.5) is 11.4 Å². The summed E-state index contributed by atoms with van der Waals surface area (Å²) in [6.45, 7) is 1.30. The largest absolute Gasteiger partial charge is 0.397 e. The maximum Gasteiger partial charge on any atom is 0.225 e. The zero-order valence-electron chi connectivity index (χ0n) is 10.5. The number of hydrogen-bond acceptors (Lipinski definition) is 4. The number of nitrogen functional groups attached to an aromatic ring is 1. The molecule has 96 valence electrons. The molecule has 0 heterocycles. The first-order valence-electron chi connectivity index (χ1n) is 5.83. The van der Waals surface area contributed by atoms with Gasteiger partial charge in [0.2, 0.25) is 5.91 Å². The van der Waals surface area contributed by atoms with Crippen LogP contribution >= 0.6 is 0 Å². The number of para-hydroxylation sites is 2. The zero-order valence-corrected chi connectivity index (χ0v) is 10.5. The van der Waals surface area contributed by atoms with Crippen molar-refractivity contribution in [3.8, 4) is 6.07 Å². The number of nitrogens with one attached hydrogen (secondary N) is 1. The number of hydrogen-bond donors (Lipinski definition) is 2. The maximum absolute atomic E-state index is 11.7. The van der Waals surface area contributed by atoms with E-state index in [4.69, 9.17) is 11.0 Å². The smallest absolute Gasteiger partial charge is 0.225 e. The van der Waals surface area contributed by atoms with Gasteiger partial charge in [-0.15, -0.1) is 0 Å². The van der Waals surface area contributed by atoms with Gasteiger partial charge in [-0.05, 0) is 19.2 Å². The van der Waals surface area contributed by atoms with E-state index in [1.807, 2.05) is 24.1 Å². The molecule has 5 heteroatoms. The molecule has 0 saturated carbocycles. The number of anilines is 2. The van der Waals surface area contributed by atoms with Gasteiger partial charge in [-0.3, -0.25) is 4.79 Å². The highest BCUT2D eigenvalue weighted by Gasteiger charge is 2.06. The van der Waals surface area contributed by atoms with Crippen molar-refractivity contribution in [3.05, 3.63) is 24.3 Å². The fourth-order valence-corrected chi connectivity index (χ4v) is 1.47. The minimum atomic E-state index is -0.0725. The van der Waals surface area contributed by atoms with Crippen LogP contribution in [-0.4, -0.2) is 30.9 Å². The fraction of sp³-hybridized carbons (Fsp3) is 0.385. The number of benzene rings is 1. The van der Waals surface area contributed by atoms with E-state index in [0.29, 0.717) is 37.3 Å². The molecule has 18 heavy (non-hydrogen) atoms. The van der Waals surface area contributed by atoms with Crippen molar-refractivity contribution in [2.45, 2.75) is 12.8 Å². The quantitative estimate of drug-likeness (QED) is 0.744. The van der Waals surface area contributed by atoms with Crippen molar-refractivity contribution in [2.75, 3.05) is 31.2 Å². The molecular formula is C13H18N4O. The Morgan fingerprint density at radius 3 is 2.83 bits per heavy atom. The van der Waals surface area contributed by atoms with Crippen molar-refractivity contribution >= 4 is 17.3 Å². The molecule has 0 fully saturated rings. The van der Waals surface area contributed by atoms with Gasteiger partial charge in [0.05, 0.1) is 17.4 Å². The molecule has 0 radical (unpaired) electrons. The highest BCUT2D eigenvalue weighted by atomic mass is 16.1. The summed E-state index contributed by atoms with van der Waals surface area (Å²) in [5.41, 5.74) is 6.93. The van der Waals surface area contributed by atoms with Gasteiger partial charge in [-0.25, -0.2) is 0 Å². The second-order valence-electron chi connectivity index (χ2n) is 4.10. The lowest BCUT2D eigenvalue weighted by Crippen LogP contribution is -2.25. The molecule has 0 saturated heterocycles. The molecule has 1 rings (SSSR count). The molecule has 0 aromatic heterocycles. The first-order valence-corrected chi connectivity index (χ1v) is 5.83. The lowest BCUT2D eigenvalue weighted by atomic mass is 10.2. The van der Waals surface area contributed by atoms with Crippen LogP contribution < -0.4 is 11.1 Å². The van der Waals surface area contributed by atoms with E-state index < -0.39 is 0 Å². The average molecular weight is 246 g/mol. The third-order valence-corrected chi connectivity index (χ3v) is 2.56. The van der Waals surface area contributed by atoms with Crippen LogP contribution in [0.3, 0.4) is 0 Å². The van der Waals surface area contributed by atoms with Gasteiger partial charge in [0, 0.05) is 25.9 Å². The molecule has 1 aromatic rings. The average Bonchev–Trinajstić information content (AvgIpc) is 2.36. The second kappa shape index (κ2) is 7.30. The van der Waals surface area contributed by atoms with E-state index in [2.05, 4.69) is 11.4 Å². The van der Waals surface area contributed by atoms with Gasteiger partial charge in [0.15, 0.2) is 0 Å². The van der Waals surface area contributed by atoms with Gasteiger partial charge >= 0.3 is 0 Å². The van der Waals surface area contributed by atoms with E-state index in [0.717, 1.165) is 0 Å². The first kappa shape index (κ1) is 14.0. The number of carbonyl (C=O) groups is 1. The number of nitrogens with two attached hydrogens (primary N) is 1. The summed E-state index contributed by atoms with van der Waals surface area (Å²) in [6, 6.07) is 9.23. The van der Waals surface area contributed by atoms with Crippen LogP contribution in [-0.2, 0) is 4.79 Å². The molecule has 0 bridgehead atoms. The summed E-state index contributed by atoms with van der Waals surface area (Å²) in [7, 11) is 1.89. The third kappa shape index (κ3) is 4.85. The van der Waals surface area contributed by atoms with Crippen molar-refractivity contribution < 1.29 is 4.79 Å². The summed E-state index contributed by atoms with van der Waals surface area (Å²) < 4.78 is 0. The Hall–Kier alpha value is -2.06. The Labute approximate surface area is 107 Å². The predicted molar refractivity (Wildman–Crippen MR) is 71.8 cm³/mol. The topological polar surface area (TPSA) is 82.2 Å². The second-order valence-corrected chi connectivity index (χ2v) is 4.10. The lowest BCUT2D eigenvalue weighted by Gasteiger charge is -2.14. The van der Waals surface area contributed by atoms with E-state index in [1.165, 1.54) is 0 Å². The van der Waals surface area contributed by atoms with E-state index in [-0.39, 0.29) is 5.91 Å². The minimum absolute atomic E-state index is 0.0725. The number of nitriles is 1. The first-order chi connectivity index (χ1) is 8.63. The van der Waals surface area contributed by atoms with Crippen LogP contribution in [0.1, 0.15) is 12.8 Å². The van der Waals surface area contributed by atoms with E-state index in [1.54, 1.807) is 12.1 Å². The van der Waals surface area contributed by atoms with Gasteiger partial charge in [0.25, 0.3) is 0 Å². The van der Waals surface area contributed by atoms with E-state index in [9.17, 15) is 4.79 Å². The van der Waals surface area contributed by atoms with Gasteiger partial charge in [-0.1, -0.05) is 12.1 Å². The number of amides is 1. The Morgan fingerprint density at radius 1 is 1.44 bits per heavy atom. The Balaban J connectivity index is 2.34. The number of rotatable bonds is 6. The molecule has 0 unspecified atom stereocenters. The SMILES string of the molecule is CN(CCC#N)CCC(=O)Nc1ccccc1N. The standard InChI is InChI=1S/C13H18N4O/c1-17(9-4-8-14)10-7-13(18)16-12-6-3-2-5-11(12)15/h2-3,5-6H,4,7,9-10,15H2,1H3,(H,16,18). The summed E-state index contributed by atoms with van der Waals surface area (Å²) in [6.07, 6.45) is 0.861. The van der Waals surface area contributed by atoms with Crippen LogP contribution in [0.15, 0.2) is 24.3 Å². The predicted octanol–water partition coefficient (Wildman–Crippen LogP) is 1.44. The normalized spacial score (nSPS) is 10.1. The van der Waals surface area contributed by atoms with Gasteiger partial charge in [0.1, 0.15) is 0 Å². The van der Waals surface area contributed by atoms with Crippen molar-refractivity contribution in [3.63, 3.8) is 0 Å². The Morgan fingerprint density at radius 2 is 2.17 bits per heavy atom. The molecule has 0 aliphatic rings. The molecular weight excluding hydrogens is 228 g/mol. The molecule has 0 aliphatic heterocycles.